The first-order valence-corrected chi connectivity index (χ1v) is 6.51. The summed E-state index contributed by atoms with van der Waals surface area (Å²) in [4.78, 5) is 0. The molecule has 2 aliphatic carbocycles. The van der Waals surface area contributed by atoms with Crippen LogP contribution in [-0.2, 0) is 0 Å². The van der Waals surface area contributed by atoms with Gasteiger partial charge in [0.25, 0.3) is 0 Å². The van der Waals surface area contributed by atoms with Crippen LogP contribution < -0.4 is 0 Å². The van der Waals surface area contributed by atoms with Gasteiger partial charge in [-0.05, 0) is 50.9 Å². The summed E-state index contributed by atoms with van der Waals surface area (Å²) in [5.74, 6) is 0.764. The molecule has 0 N–H and O–H groups in total. The monoisotopic (exact) mass is 216 g/mol. The van der Waals surface area contributed by atoms with Gasteiger partial charge in [-0.2, -0.15) is 0 Å². The van der Waals surface area contributed by atoms with Gasteiger partial charge in [0.05, 0.1) is 0 Å². The highest BCUT2D eigenvalue weighted by molar-refractivity contribution is 4.95. The van der Waals surface area contributed by atoms with Crippen LogP contribution in [0.1, 0.15) is 44.9 Å². The van der Waals surface area contributed by atoms with Crippen LogP contribution in [0.25, 0.3) is 0 Å². The molecule has 0 spiro atoms. The number of hydrogen-bond donors (Lipinski definition) is 0. The zero-order valence-corrected chi connectivity index (χ0v) is 10.3. The molecular weight excluding hydrogens is 192 g/mol. The van der Waals surface area contributed by atoms with E-state index < -0.39 is 0 Å². The van der Waals surface area contributed by atoms with E-state index in [-0.39, 0.29) is 0 Å². The molecule has 0 radical (unpaired) electrons. The maximum absolute atomic E-state index is 3.75. The van der Waals surface area contributed by atoms with Crippen molar-refractivity contribution in [2.24, 2.45) is 5.92 Å². The molecule has 0 aromatic heterocycles. The molecule has 0 amide bonds. The van der Waals surface area contributed by atoms with E-state index in [1.807, 2.05) is 0 Å². The van der Waals surface area contributed by atoms with Crippen molar-refractivity contribution in [2.75, 3.05) is 0 Å². The molecule has 0 saturated heterocycles. The van der Waals surface area contributed by atoms with Gasteiger partial charge in [0.15, 0.2) is 0 Å². The molecule has 16 heavy (non-hydrogen) atoms. The third kappa shape index (κ3) is 6.44. The minimum Gasteiger partial charge on any atom is -0.103 e. The zero-order valence-electron chi connectivity index (χ0n) is 10.3. The molecule has 0 aliphatic heterocycles. The summed E-state index contributed by atoms with van der Waals surface area (Å²) >= 11 is 0. The van der Waals surface area contributed by atoms with Crippen molar-refractivity contribution in [3.8, 4) is 0 Å². The van der Waals surface area contributed by atoms with Crippen molar-refractivity contribution in [3.63, 3.8) is 0 Å². The van der Waals surface area contributed by atoms with Crippen molar-refractivity contribution in [1.29, 1.82) is 0 Å². The molecule has 0 fully saturated rings. The molecule has 1 unspecified atom stereocenters. The molecule has 2 aliphatic rings. The average molecular weight is 216 g/mol. The Bertz CT molecular complexity index is 229. The lowest BCUT2D eigenvalue weighted by Crippen LogP contribution is -1.96. The Hall–Kier alpha value is -1.04. The highest BCUT2D eigenvalue weighted by Gasteiger charge is 2.02. The van der Waals surface area contributed by atoms with E-state index in [9.17, 15) is 0 Å². The third-order valence-electron chi connectivity index (χ3n) is 2.98. The van der Waals surface area contributed by atoms with Crippen LogP contribution in [0.15, 0.2) is 49.1 Å². The Labute approximate surface area is 100 Å². The molecule has 1 atom stereocenters. The zero-order chi connectivity index (χ0) is 11.5. The predicted molar refractivity (Wildman–Crippen MR) is 73.4 cm³/mol. The Morgan fingerprint density at radius 3 is 1.56 bits per heavy atom. The number of hydrogen-bond acceptors (Lipinski definition) is 0. The van der Waals surface area contributed by atoms with Crippen LogP contribution in [0.4, 0.5) is 0 Å². The van der Waals surface area contributed by atoms with Gasteiger partial charge in [0.2, 0.25) is 0 Å². The van der Waals surface area contributed by atoms with E-state index in [1.165, 1.54) is 44.9 Å². The van der Waals surface area contributed by atoms with Crippen molar-refractivity contribution in [3.05, 3.63) is 49.1 Å². The molecule has 88 valence electrons. The normalized spacial score (nSPS) is 27.9. The summed E-state index contributed by atoms with van der Waals surface area (Å²) in [5, 5.41) is 0. The van der Waals surface area contributed by atoms with Gasteiger partial charge < -0.3 is 0 Å². The fourth-order valence-corrected chi connectivity index (χ4v) is 1.89. The fourth-order valence-electron chi connectivity index (χ4n) is 1.89. The standard InChI is InChI=1S/2C8H12/c1-2-8-6-4-3-5-7-8;1-2-4-6-8-7-5-3-1/h2-4,8H,1,5-7H2;1-2,7-8H,3-6H2/b;2-1-,8-7-. The third-order valence-corrected chi connectivity index (χ3v) is 2.98. The smallest absolute Gasteiger partial charge is 0.0199 e. The van der Waals surface area contributed by atoms with Crippen LogP contribution in [0.5, 0.6) is 0 Å². The number of allylic oxidation sites excluding steroid dienone is 7. The summed E-state index contributed by atoms with van der Waals surface area (Å²) < 4.78 is 0. The minimum absolute atomic E-state index is 0.764. The molecule has 0 bridgehead atoms. The summed E-state index contributed by atoms with van der Waals surface area (Å²) in [6.07, 6.45) is 24.3. The highest BCUT2D eigenvalue weighted by Crippen LogP contribution is 2.17. The first-order valence-electron chi connectivity index (χ1n) is 6.51. The van der Waals surface area contributed by atoms with E-state index >= 15 is 0 Å². The molecule has 0 aromatic rings. The molecule has 0 nitrogen and oxygen atoms in total. The summed E-state index contributed by atoms with van der Waals surface area (Å²) in [7, 11) is 0. The van der Waals surface area contributed by atoms with Gasteiger partial charge in [-0.25, -0.2) is 0 Å². The summed E-state index contributed by atoms with van der Waals surface area (Å²) in [6, 6.07) is 0. The predicted octanol–water partition coefficient (Wildman–Crippen LogP) is 5.20. The van der Waals surface area contributed by atoms with Gasteiger partial charge in [-0.1, -0.05) is 42.5 Å². The topological polar surface area (TPSA) is 0 Å². The molecule has 0 heterocycles. The second-order valence-corrected chi connectivity index (χ2v) is 4.38. The van der Waals surface area contributed by atoms with Crippen molar-refractivity contribution in [2.45, 2.75) is 44.9 Å². The Morgan fingerprint density at radius 2 is 1.25 bits per heavy atom. The largest absolute Gasteiger partial charge is 0.103 e. The maximum atomic E-state index is 3.75. The molecular formula is C16H24. The van der Waals surface area contributed by atoms with E-state index in [1.54, 1.807) is 0 Å². The van der Waals surface area contributed by atoms with Crippen LogP contribution in [0, 0.1) is 5.92 Å². The van der Waals surface area contributed by atoms with Crippen LogP contribution in [-0.4, -0.2) is 0 Å². The van der Waals surface area contributed by atoms with E-state index in [0.717, 1.165) is 5.92 Å². The van der Waals surface area contributed by atoms with Gasteiger partial charge in [0.1, 0.15) is 0 Å². The quantitative estimate of drug-likeness (QED) is 0.528. The summed E-state index contributed by atoms with van der Waals surface area (Å²) in [5.41, 5.74) is 0. The van der Waals surface area contributed by atoms with Crippen molar-refractivity contribution < 1.29 is 0 Å². The Kier molecular flexibility index (Phi) is 7.49. The number of rotatable bonds is 1. The summed E-state index contributed by atoms with van der Waals surface area (Å²) in [6.45, 7) is 3.75. The Balaban J connectivity index is 0.000000160. The van der Waals surface area contributed by atoms with E-state index in [4.69, 9.17) is 0 Å². The molecule has 0 heteroatoms. The Morgan fingerprint density at radius 1 is 0.750 bits per heavy atom. The van der Waals surface area contributed by atoms with Gasteiger partial charge in [0, 0.05) is 0 Å². The SMILES string of the molecule is C1=C\CC/C=C\CC/1.C=CC1CC=CCC1. The fraction of sp³-hybridized carbons (Fsp3) is 0.500. The molecule has 2 rings (SSSR count). The van der Waals surface area contributed by atoms with Crippen LogP contribution in [0.2, 0.25) is 0 Å². The van der Waals surface area contributed by atoms with Gasteiger partial charge in [-0.15, -0.1) is 6.58 Å². The lowest BCUT2D eigenvalue weighted by atomic mass is 9.95. The highest BCUT2D eigenvalue weighted by atomic mass is 14.1. The second kappa shape index (κ2) is 9.21. The van der Waals surface area contributed by atoms with Crippen LogP contribution >= 0.6 is 0 Å². The first-order chi connectivity index (χ1) is 7.93. The second-order valence-electron chi connectivity index (χ2n) is 4.38. The van der Waals surface area contributed by atoms with Gasteiger partial charge >= 0.3 is 0 Å². The van der Waals surface area contributed by atoms with E-state index in [0.29, 0.717) is 0 Å². The van der Waals surface area contributed by atoms with E-state index in [2.05, 4.69) is 49.1 Å². The maximum Gasteiger partial charge on any atom is -0.0199 e. The first kappa shape index (κ1) is 13.0. The lowest BCUT2D eigenvalue weighted by molar-refractivity contribution is 0.585. The minimum atomic E-state index is 0.764. The van der Waals surface area contributed by atoms with Crippen molar-refractivity contribution >= 4 is 0 Å². The van der Waals surface area contributed by atoms with Gasteiger partial charge in [-0.3, -0.25) is 0 Å². The van der Waals surface area contributed by atoms with Crippen LogP contribution in [0.3, 0.4) is 0 Å². The van der Waals surface area contributed by atoms with Crippen molar-refractivity contribution in [1.82, 2.24) is 0 Å². The average Bonchev–Trinajstić information content (AvgIpc) is 2.30. The molecule has 0 saturated carbocycles. The lowest BCUT2D eigenvalue weighted by Gasteiger charge is -2.11. The molecule has 0 aromatic carbocycles.